The molecular weight excluding hydrogens is 274 g/mol. The number of nitrogens with one attached hydrogen (secondary N) is 1. The van der Waals surface area contributed by atoms with E-state index in [2.05, 4.69) is 36.5 Å². The molecule has 0 fully saturated rings. The quantitative estimate of drug-likeness (QED) is 0.883. The minimum Gasteiger partial charge on any atom is -0.497 e. The number of amides is 1. The number of methoxy groups -OCH3 is 1. The number of aryl methyl sites for hydroxylation is 1. The van der Waals surface area contributed by atoms with E-state index in [1.54, 1.807) is 7.11 Å². The fourth-order valence-electron chi connectivity index (χ4n) is 2.35. The molecule has 0 spiro atoms. The van der Waals surface area contributed by atoms with Crippen LogP contribution in [0.3, 0.4) is 0 Å². The van der Waals surface area contributed by atoms with Crippen molar-refractivity contribution < 1.29 is 9.53 Å². The molecule has 0 unspecified atom stereocenters. The Kier molecular flexibility index (Phi) is 5.59. The minimum absolute atomic E-state index is 0.0108. The van der Waals surface area contributed by atoms with Crippen LogP contribution in [-0.4, -0.2) is 13.0 Å². The molecule has 2 aromatic rings. The van der Waals surface area contributed by atoms with E-state index in [0.717, 1.165) is 23.3 Å². The molecular formula is C19H23NO2. The molecule has 2 aromatic carbocycles. The first kappa shape index (κ1) is 16.1. The summed E-state index contributed by atoms with van der Waals surface area (Å²) in [6, 6.07) is 16.0. The van der Waals surface area contributed by atoms with E-state index in [4.69, 9.17) is 4.74 Å². The topological polar surface area (TPSA) is 38.3 Å². The number of rotatable bonds is 6. The van der Waals surface area contributed by atoms with Gasteiger partial charge in [0.1, 0.15) is 5.75 Å². The zero-order chi connectivity index (χ0) is 15.9. The van der Waals surface area contributed by atoms with Crippen molar-refractivity contribution in [1.82, 2.24) is 5.32 Å². The van der Waals surface area contributed by atoms with Crippen LogP contribution in [0.4, 0.5) is 0 Å². The fraction of sp³-hybridized carbons (Fsp3) is 0.316. The van der Waals surface area contributed by atoms with Crippen LogP contribution >= 0.6 is 0 Å². The van der Waals surface area contributed by atoms with E-state index in [1.165, 1.54) is 5.56 Å². The molecule has 0 radical (unpaired) electrons. The third-order valence-electron chi connectivity index (χ3n) is 3.79. The molecule has 1 N–H and O–H groups in total. The second-order valence-corrected chi connectivity index (χ2v) is 5.41. The number of hydrogen-bond acceptors (Lipinski definition) is 2. The Balaban J connectivity index is 1.92. The maximum absolute atomic E-state index is 12.1. The molecule has 0 aliphatic rings. The highest BCUT2D eigenvalue weighted by Crippen LogP contribution is 2.15. The Bertz CT molecular complexity index is 602. The Morgan fingerprint density at radius 3 is 2.18 bits per heavy atom. The zero-order valence-electron chi connectivity index (χ0n) is 13.4. The standard InChI is InChI=1S/C19H23NO2/c1-4-15-5-9-17(10-6-15)14(2)20-19(21)13-16-7-11-18(22-3)12-8-16/h5-12,14H,4,13H2,1-3H3,(H,20,21)/t14-/m0/s1. The molecule has 2 rings (SSSR count). The van der Waals surface area contributed by atoms with Crippen LogP contribution in [0.1, 0.15) is 36.6 Å². The van der Waals surface area contributed by atoms with E-state index in [9.17, 15) is 4.79 Å². The van der Waals surface area contributed by atoms with Gasteiger partial charge >= 0.3 is 0 Å². The predicted octanol–water partition coefficient (Wildman–Crippen LogP) is 3.68. The lowest BCUT2D eigenvalue weighted by Gasteiger charge is -2.15. The lowest BCUT2D eigenvalue weighted by molar-refractivity contribution is -0.121. The summed E-state index contributed by atoms with van der Waals surface area (Å²) in [5.74, 6) is 0.825. The largest absolute Gasteiger partial charge is 0.497 e. The number of benzene rings is 2. The first-order valence-corrected chi connectivity index (χ1v) is 7.63. The van der Waals surface area contributed by atoms with Crippen molar-refractivity contribution >= 4 is 5.91 Å². The molecule has 0 aromatic heterocycles. The van der Waals surface area contributed by atoms with Gasteiger partial charge in [0.05, 0.1) is 19.6 Å². The van der Waals surface area contributed by atoms with Gasteiger partial charge < -0.3 is 10.1 Å². The lowest BCUT2D eigenvalue weighted by Crippen LogP contribution is -2.28. The summed E-state index contributed by atoms with van der Waals surface area (Å²) in [4.78, 5) is 12.1. The van der Waals surface area contributed by atoms with Crippen LogP contribution in [0.15, 0.2) is 48.5 Å². The van der Waals surface area contributed by atoms with Crippen molar-refractivity contribution in [2.45, 2.75) is 32.7 Å². The van der Waals surface area contributed by atoms with Crippen molar-refractivity contribution in [2.75, 3.05) is 7.11 Å². The molecule has 22 heavy (non-hydrogen) atoms. The molecule has 116 valence electrons. The van der Waals surface area contributed by atoms with Crippen molar-refractivity contribution in [3.8, 4) is 5.75 Å². The SMILES string of the molecule is CCc1ccc([C@H](C)NC(=O)Cc2ccc(OC)cc2)cc1. The average Bonchev–Trinajstić information content (AvgIpc) is 2.55. The molecule has 0 saturated carbocycles. The minimum atomic E-state index is 0.0108. The third kappa shape index (κ3) is 4.35. The molecule has 0 aliphatic carbocycles. The van der Waals surface area contributed by atoms with Crippen LogP contribution in [-0.2, 0) is 17.6 Å². The highest BCUT2D eigenvalue weighted by Gasteiger charge is 2.10. The van der Waals surface area contributed by atoms with Crippen LogP contribution in [0.2, 0.25) is 0 Å². The highest BCUT2D eigenvalue weighted by molar-refractivity contribution is 5.79. The summed E-state index contributed by atoms with van der Waals surface area (Å²) in [5, 5.41) is 3.04. The van der Waals surface area contributed by atoms with Crippen molar-refractivity contribution in [3.05, 3.63) is 65.2 Å². The monoisotopic (exact) mass is 297 g/mol. The van der Waals surface area contributed by atoms with Gasteiger partial charge in [0.2, 0.25) is 5.91 Å². The van der Waals surface area contributed by atoms with Gasteiger partial charge in [-0.15, -0.1) is 0 Å². The van der Waals surface area contributed by atoms with Crippen LogP contribution in [0.5, 0.6) is 5.75 Å². The third-order valence-corrected chi connectivity index (χ3v) is 3.79. The van der Waals surface area contributed by atoms with Crippen molar-refractivity contribution in [3.63, 3.8) is 0 Å². The van der Waals surface area contributed by atoms with E-state index in [0.29, 0.717) is 6.42 Å². The molecule has 1 amide bonds. The van der Waals surface area contributed by atoms with Gasteiger partial charge in [-0.25, -0.2) is 0 Å². The highest BCUT2D eigenvalue weighted by atomic mass is 16.5. The molecule has 0 heterocycles. The first-order valence-electron chi connectivity index (χ1n) is 7.63. The van der Waals surface area contributed by atoms with Crippen molar-refractivity contribution in [2.24, 2.45) is 0 Å². The van der Waals surface area contributed by atoms with Crippen LogP contribution in [0.25, 0.3) is 0 Å². The summed E-state index contributed by atoms with van der Waals surface area (Å²) in [5.41, 5.74) is 3.41. The Labute approximate surface area is 132 Å². The van der Waals surface area contributed by atoms with E-state index < -0.39 is 0 Å². The second-order valence-electron chi connectivity index (χ2n) is 5.41. The smallest absolute Gasteiger partial charge is 0.224 e. The first-order chi connectivity index (χ1) is 10.6. The van der Waals surface area contributed by atoms with Gasteiger partial charge in [-0.1, -0.05) is 43.3 Å². The summed E-state index contributed by atoms with van der Waals surface area (Å²) in [6.07, 6.45) is 1.40. The zero-order valence-corrected chi connectivity index (χ0v) is 13.4. The predicted molar refractivity (Wildman–Crippen MR) is 89.1 cm³/mol. The summed E-state index contributed by atoms with van der Waals surface area (Å²) < 4.78 is 5.11. The van der Waals surface area contributed by atoms with Crippen LogP contribution < -0.4 is 10.1 Å². The lowest BCUT2D eigenvalue weighted by atomic mass is 10.0. The Morgan fingerprint density at radius 2 is 1.64 bits per heavy atom. The van der Waals surface area contributed by atoms with Gasteiger partial charge in [-0.3, -0.25) is 4.79 Å². The number of hydrogen-bond donors (Lipinski definition) is 1. The number of ether oxygens (including phenoxy) is 1. The molecule has 3 nitrogen and oxygen atoms in total. The molecule has 3 heteroatoms. The van der Waals surface area contributed by atoms with E-state index in [1.807, 2.05) is 31.2 Å². The Hall–Kier alpha value is -2.29. The molecule has 0 saturated heterocycles. The normalized spacial score (nSPS) is 11.8. The van der Waals surface area contributed by atoms with Gasteiger partial charge in [0, 0.05) is 0 Å². The fourth-order valence-corrected chi connectivity index (χ4v) is 2.35. The van der Waals surface area contributed by atoms with Crippen molar-refractivity contribution in [1.29, 1.82) is 0 Å². The van der Waals surface area contributed by atoms with E-state index in [-0.39, 0.29) is 11.9 Å². The van der Waals surface area contributed by atoms with Crippen LogP contribution in [0, 0.1) is 0 Å². The number of carbonyl (C=O) groups is 1. The maximum Gasteiger partial charge on any atom is 0.224 e. The van der Waals surface area contributed by atoms with Gasteiger partial charge in [-0.05, 0) is 42.2 Å². The molecule has 1 atom stereocenters. The van der Waals surface area contributed by atoms with Gasteiger partial charge in [0.15, 0.2) is 0 Å². The molecule has 0 bridgehead atoms. The average molecular weight is 297 g/mol. The number of carbonyl (C=O) groups excluding carboxylic acids is 1. The summed E-state index contributed by atoms with van der Waals surface area (Å²) in [7, 11) is 1.63. The maximum atomic E-state index is 12.1. The molecule has 0 aliphatic heterocycles. The summed E-state index contributed by atoms with van der Waals surface area (Å²) >= 11 is 0. The summed E-state index contributed by atoms with van der Waals surface area (Å²) in [6.45, 7) is 4.14. The van der Waals surface area contributed by atoms with Gasteiger partial charge in [-0.2, -0.15) is 0 Å². The second kappa shape index (κ2) is 7.64. The van der Waals surface area contributed by atoms with Gasteiger partial charge in [0.25, 0.3) is 0 Å². The van der Waals surface area contributed by atoms with E-state index >= 15 is 0 Å². The Morgan fingerprint density at radius 1 is 1.05 bits per heavy atom.